The third-order valence-corrected chi connectivity index (χ3v) is 5.41. The summed E-state index contributed by atoms with van der Waals surface area (Å²) in [4.78, 5) is 21.0. The van der Waals surface area contributed by atoms with Crippen molar-refractivity contribution >= 4 is 11.9 Å². The van der Waals surface area contributed by atoms with Crippen molar-refractivity contribution in [2.75, 3.05) is 39.8 Å². The maximum atomic E-state index is 12.1. The summed E-state index contributed by atoms with van der Waals surface area (Å²) in [5, 5.41) is 3.38. The smallest absolute Gasteiger partial charge is 0.224 e. The number of aliphatic imine (C=N–C) groups is 1. The van der Waals surface area contributed by atoms with E-state index in [9.17, 15) is 4.79 Å². The second-order valence-electron chi connectivity index (χ2n) is 7.58. The molecular weight excluding hydrogens is 300 g/mol. The van der Waals surface area contributed by atoms with Gasteiger partial charge >= 0.3 is 0 Å². The number of rotatable bonds is 6. The van der Waals surface area contributed by atoms with Crippen LogP contribution in [0.5, 0.6) is 0 Å². The highest BCUT2D eigenvalue weighted by molar-refractivity contribution is 5.80. The monoisotopic (exact) mass is 336 g/mol. The van der Waals surface area contributed by atoms with E-state index in [1.807, 2.05) is 4.90 Å². The van der Waals surface area contributed by atoms with Crippen molar-refractivity contribution < 1.29 is 4.79 Å². The van der Waals surface area contributed by atoms with Crippen molar-refractivity contribution in [1.82, 2.24) is 15.1 Å². The van der Waals surface area contributed by atoms with Crippen molar-refractivity contribution in [3.63, 3.8) is 0 Å². The number of hydrogen-bond donors (Lipinski definition) is 1. The fourth-order valence-corrected chi connectivity index (χ4v) is 3.84. The highest BCUT2D eigenvalue weighted by Crippen LogP contribution is 2.28. The molecule has 0 radical (unpaired) electrons. The fraction of sp³-hybridized carbons (Fsp3) is 0.895. The number of nitrogens with one attached hydrogen (secondary N) is 1. The van der Waals surface area contributed by atoms with E-state index in [0.717, 1.165) is 56.8 Å². The number of amides is 1. The quantitative estimate of drug-likeness (QED) is 0.599. The molecule has 1 saturated carbocycles. The Kier molecular flexibility index (Phi) is 7.86. The molecule has 5 heteroatoms. The molecule has 1 aliphatic carbocycles. The Labute approximate surface area is 147 Å². The van der Waals surface area contributed by atoms with Crippen LogP contribution in [-0.4, -0.2) is 61.4 Å². The lowest BCUT2D eigenvalue weighted by atomic mass is 9.83. The molecule has 0 bridgehead atoms. The first-order valence-electron chi connectivity index (χ1n) is 9.87. The minimum atomic E-state index is 0.260. The Hall–Kier alpha value is -1.26. The number of likely N-dealkylation sites (tertiary alicyclic amines) is 1. The minimum absolute atomic E-state index is 0.260. The first-order chi connectivity index (χ1) is 11.6. The molecule has 2 rings (SSSR count). The third-order valence-electron chi connectivity index (χ3n) is 5.41. The molecule has 1 N–H and O–H groups in total. The summed E-state index contributed by atoms with van der Waals surface area (Å²) in [5.74, 6) is 2.88. The lowest BCUT2D eigenvalue weighted by Crippen LogP contribution is -2.42. The summed E-state index contributed by atoms with van der Waals surface area (Å²) in [7, 11) is 2.13. The lowest BCUT2D eigenvalue weighted by molar-refractivity contribution is -0.129. The Morgan fingerprint density at radius 2 is 1.88 bits per heavy atom. The van der Waals surface area contributed by atoms with Gasteiger partial charge in [0, 0.05) is 39.6 Å². The Morgan fingerprint density at radius 1 is 1.21 bits per heavy atom. The zero-order valence-corrected chi connectivity index (χ0v) is 15.9. The molecule has 2 fully saturated rings. The third kappa shape index (κ3) is 5.99. The van der Waals surface area contributed by atoms with Gasteiger partial charge in [0.25, 0.3) is 0 Å². The first-order valence-corrected chi connectivity index (χ1v) is 9.87. The topological polar surface area (TPSA) is 47.9 Å². The van der Waals surface area contributed by atoms with E-state index in [1.165, 1.54) is 25.7 Å². The van der Waals surface area contributed by atoms with E-state index in [2.05, 4.69) is 36.1 Å². The summed E-state index contributed by atoms with van der Waals surface area (Å²) in [6.07, 6.45) is 8.22. The molecule has 0 spiro atoms. The van der Waals surface area contributed by atoms with Crippen LogP contribution in [0.15, 0.2) is 4.99 Å². The van der Waals surface area contributed by atoms with Crippen LogP contribution in [0.3, 0.4) is 0 Å². The summed E-state index contributed by atoms with van der Waals surface area (Å²) in [6, 6.07) is 0. The van der Waals surface area contributed by atoms with E-state index in [0.29, 0.717) is 13.0 Å². The molecular formula is C19H36N4O. The van der Waals surface area contributed by atoms with Gasteiger partial charge in [0.15, 0.2) is 5.96 Å². The van der Waals surface area contributed by atoms with Crippen molar-refractivity contribution in [3.8, 4) is 0 Å². The molecule has 0 aromatic rings. The van der Waals surface area contributed by atoms with Crippen molar-refractivity contribution in [3.05, 3.63) is 0 Å². The second kappa shape index (κ2) is 9.90. The van der Waals surface area contributed by atoms with Gasteiger partial charge in [-0.3, -0.25) is 9.79 Å². The fourth-order valence-electron chi connectivity index (χ4n) is 3.84. The predicted molar refractivity (Wildman–Crippen MR) is 100 cm³/mol. The average Bonchev–Trinajstić information content (AvgIpc) is 3.10. The Bertz CT molecular complexity index is 410. The molecule has 0 unspecified atom stereocenters. The summed E-state index contributed by atoms with van der Waals surface area (Å²) in [6.45, 7) is 8.85. The van der Waals surface area contributed by atoms with E-state index in [1.54, 1.807) is 0 Å². The van der Waals surface area contributed by atoms with Crippen LogP contribution in [0.1, 0.15) is 58.8 Å². The number of carbonyl (C=O) groups excluding carboxylic acids is 1. The van der Waals surface area contributed by atoms with E-state index in [4.69, 9.17) is 0 Å². The van der Waals surface area contributed by atoms with Crippen LogP contribution in [0, 0.1) is 11.8 Å². The van der Waals surface area contributed by atoms with Crippen LogP contribution in [-0.2, 0) is 4.79 Å². The van der Waals surface area contributed by atoms with Crippen LogP contribution < -0.4 is 5.32 Å². The van der Waals surface area contributed by atoms with Crippen LogP contribution in [0.25, 0.3) is 0 Å². The van der Waals surface area contributed by atoms with Crippen molar-refractivity contribution in [2.24, 2.45) is 16.8 Å². The molecule has 1 amide bonds. The van der Waals surface area contributed by atoms with E-state index >= 15 is 0 Å². The molecule has 0 aromatic heterocycles. The van der Waals surface area contributed by atoms with Gasteiger partial charge < -0.3 is 15.1 Å². The molecule has 1 heterocycles. The number of hydrogen-bond acceptors (Lipinski definition) is 2. The standard InChI is InChI=1S/C19H36N4O/c1-4-20-19(21-12-11-18(24)23-13-5-6-14-23)22(3)15-17-9-7-16(2)8-10-17/h16-17H,4-15H2,1-3H3,(H,20,21). The van der Waals surface area contributed by atoms with Gasteiger partial charge in [0.2, 0.25) is 5.91 Å². The van der Waals surface area contributed by atoms with Gasteiger partial charge in [-0.1, -0.05) is 19.8 Å². The average molecular weight is 337 g/mol. The molecule has 5 nitrogen and oxygen atoms in total. The number of nitrogens with zero attached hydrogens (tertiary/aromatic N) is 3. The normalized spacial score (nSPS) is 25.0. The largest absolute Gasteiger partial charge is 0.357 e. The highest BCUT2D eigenvalue weighted by Gasteiger charge is 2.21. The van der Waals surface area contributed by atoms with Crippen LogP contribution in [0.4, 0.5) is 0 Å². The molecule has 138 valence electrons. The Balaban J connectivity index is 1.79. The maximum absolute atomic E-state index is 12.1. The van der Waals surface area contributed by atoms with Gasteiger partial charge in [-0.25, -0.2) is 0 Å². The predicted octanol–water partition coefficient (Wildman–Crippen LogP) is 2.72. The molecule has 0 atom stereocenters. The molecule has 0 aromatic carbocycles. The zero-order valence-electron chi connectivity index (χ0n) is 15.9. The van der Waals surface area contributed by atoms with Crippen molar-refractivity contribution in [1.29, 1.82) is 0 Å². The number of guanidine groups is 1. The zero-order chi connectivity index (χ0) is 17.4. The van der Waals surface area contributed by atoms with Crippen LogP contribution >= 0.6 is 0 Å². The summed E-state index contributed by atoms with van der Waals surface area (Å²) < 4.78 is 0. The molecule has 1 aliphatic heterocycles. The van der Waals surface area contributed by atoms with Gasteiger partial charge in [-0.05, 0) is 44.4 Å². The first kappa shape index (κ1) is 19.1. The molecule has 2 aliphatic rings. The van der Waals surface area contributed by atoms with Crippen molar-refractivity contribution in [2.45, 2.75) is 58.8 Å². The molecule has 1 saturated heterocycles. The van der Waals surface area contributed by atoms with Crippen LogP contribution in [0.2, 0.25) is 0 Å². The SMILES string of the molecule is CCNC(=NCCC(=O)N1CCCC1)N(C)CC1CCC(C)CC1. The second-order valence-corrected chi connectivity index (χ2v) is 7.58. The minimum Gasteiger partial charge on any atom is -0.357 e. The van der Waals surface area contributed by atoms with Gasteiger partial charge in [0.05, 0.1) is 6.54 Å². The van der Waals surface area contributed by atoms with Gasteiger partial charge in [-0.15, -0.1) is 0 Å². The molecule has 24 heavy (non-hydrogen) atoms. The summed E-state index contributed by atoms with van der Waals surface area (Å²) >= 11 is 0. The Morgan fingerprint density at radius 3 is 2.50 bits per heavy atom. The lowest BCUT2D eigenvalue weighted by Gasteiger charge is -2.31. The maximum Gasteiger partial charge on any atom is 0.224 e. The summed E-state index contributed by atoms with van der Waals surface area (Å²) in [5.41, 5.74) is 0. The van der Waals surface area contributed by atoms with E-state index < -0.39 is 0 Å². The highest BCUT2D eigenvalue weighted by atomic mass is 16.2. The number of carbonyl (C=O) groups is 1. The van der Waals surface area contributed by atoms with Gasteiger partial charge in [-0.2, -0.15) is 0 Å². The van der Waals surface area contributed by atoms with Gasteiger partial charge in [0.1, 0.15) is 0 Å². The van der Waals surface area contributed by atoms with E-state index in [-0.39, 0.29) is 5.91 Å².